The lowest BCUT2D eigenvalue weighted by Crippen LogP contribution is -2.15. The predicted molar refractivity (Wildman–Crippen MR) is 44.2 cm³/mol. The monoisotopic (exact) mass is 159 g/mol. The highest BCUT2D eigenvalue weighted by atomic mass is 32.2. The van der Waals surface area contributed by atoms with Crippen LogP contribution < -0.4 is 0 Å². The van der Waals surface area contributed by atoms with Crippen LogP contribution >= 0.6 is 11.8 Å². The Morgan fingerprint density at radius 1 is 1.70 bits per heavy atom. The summed E-state index contributed by atoms with van der Waals surface area (Å²) >= 11 is 1.49. The van der Waals surface area contributed by atoms with Crippen LogP contribution in [0.3, 0.4) is 0 Å². The van der Waals surface area contributed by atoms with Crippen molar-refractivity contribution in [3.05, 3.63) is 0 Å². The highest BCUT2D eigenvalue weighted by molar-refractivity contribution is 8.14. The third kappa shape index (κ3) is 2.31. The van der Waals surface area contributed by atoms with E-state index in [1.54, 1.807) is 6.92 Å². The molecule has 2 nitrogen and oxygen atoms in total. The summed E-state index contributed by atoms with van der Waals surface area (Å²) in [7, 11) is 2.10. The van der Waals surface area contributed by atoms with Crippen molar-refractivity contribution in [3.63, 3.8) is 0 Å². The highest BCUT2D eigenvalue weighted by Crippen LogP contribution is 2.21. The largest absolute Gasteiger partial charge is 0.305 e. The molecule has 0 N–H and O–H groups in total. The van der Waals surface area contributed by atoms with Crippen LogP contribution in [0.5, 0.6) is 0 Å². The Balaban J connectivity index is 2.24. The van der Waals surface area contributed by atoms with Gasteiger partial charge < -0.3 is 4.90 Å². The smallest absolute Gasteiger partial charge is 0.186 e. The van der Waals surface area contributed by atoms with Gasteiger partial charge in [-0.15, -0.1) is 0 Å². The van der Waals surface area contributed by atoms with Crippen molar-refractivity contribution in [2.45, 2.75) is 18.6 Å². The fourth-order valence-corrected chi connectivity index (χ4v) is 2.25. The number of likely N-dealkylation sites (tertiary alicyclic amines) is 1. The van der Waals surface area contributed by atoms with Crippen LogP contribution in [-0.4, -0.2) is 35.4 Å². The molecule has 1 rings (SSSR count). The molecule has 1 atom stereocenters. The molecule has 0 radical (unpaired) electrons. The second-order valence-corrected chi connectivity index (χ2v) is 4.26. The van der Waals surface area contributed by atoms with Crippen molar-refractivity contribution >= 4 is 16.9 Å². The maximum absolute atomic E-state index is 10.7. The zero-order valence-electron chi connectivity index (χ0n) is 6.46. The molecule has 0 aromatic carbocycles. The minimum Gasteiger partial charge on any atom is -0.305 e. The lowest BCUT2D eigenvalue weighted by atomic mass is 10.4. The Hall–Kier alpha value is -0.0200. The molecule has 1 saturated heterocycles. The van der Waals surface area contributed by atoms with E-state index >= 15 is 0 Å². The predicted octanol–water partition coefficient (Wildman–Crippen LogP) is 0.970. The van der Waals surface area contributed by atoms with E-state index in [1.807, 2.05) is 0 Å². The van der Waals surface area contributed by atoms with Crippen molar-refractivity contribution in [2.75, 3.05) is 20.1 Å². The molecule has 58 valence electrons. The van der Waals surface area contributed by atoms with Gasteiger partial charge in [0, 0.05) is 18.7 Å². The number of carbonyl (C=O) groups is 1. The summed E-state index contributed by atoms with van der Waals surface area (Å²) in [5, 5.41) is 0.808. The average molecular weight is 159 g/mol. The summed E-state index contributed by atoms with van der Waals surface area (Å²) in [5.74, 6) is 0. The molecule has 0 amide bonds. The second kappa shape index (κ2) is 3.39. The first-order valence-electron chi connectivity index (χ1n) is 3.54. The lowest BCUT2D eigenvalue weighted by molar-refractivity contribution is -0.109. The Morgan fingerprint density at radius 2 is 2.40 bits per heavy atom. The van der Waals surface area contributed by atoms with Gasteiger partial charge in [0.25, 0.3) is 0 Å². The lowest BCUT2D eigenvalue weighted by Gasteiger charge is -2.06. The fraction of sp³-hybridized carbons (Fsp3) is 0.857. The van der Waals surface area contributed by atoms with Crippen LogP contribution in [0, 0.1) is 0 Å². The van der Waals surface area contributed by atoms with Crippen LogP contribution in [0.15, 0.2) is 0 Å². The van der Waals surface area contributed by atoms with Gasteiger partial charge >= 0.3 is 0 Å². The minimum atomic E-state index is 0.250. The molecule has 1 aliphatic rings. The summed E-state index contributed by atoms with van der Waals surface area (Å²) in [4.78, 5) is 12.9. The highest BCUT2D eigenvalue weighted by Gasteiger charge is 2.20. The molecule has 0 aromatic rings. The number of carbonyl (C=O) groups excluding carboxylic acids is 1. The molecule has 1 fully saturated rings. The van der Waals surface area contributed by atoms with Crippen LogP contribution in [0.4, 0.5) is 0 Å². The van der Waals surface area contributed by atoms with E-state index in [-0.39, 0.29) is 5.12 Å². The maximum atomic E-state index is 10.7. The third-order valence-corrected chi connectivity index (χ3v) is 2.73. The number of nitrogens with zero attached hydrogens (tertiary/aromatic N) is 1. The second-order valence-electron chi connectivity index (χ2n) is 2.78. The van der Waals surface area contributed by atoms with Crippen molar-refractivity contribution in [1.29, 1.82) is 0 Å². The number of hydrogen-bond acceptors (Lipinski definition) is 3. The van der Waals surface area contributed by atoms with Crippen LogP contribution in [-0.2, 0) is 4.79 Å². The summed E-state index contributed by atoms with van der Waals surface area (Å²) < 4.78 is 0. The molecule has 0 spiro atoms. The normalized spacial score (nSPS) is 27.2. The van der Waals surface area contributed by atoms with Crippen LogP contribution in [0.2, 0.25) is 0 Å². The van der Waals surface area contributed by atoms with E-state index in [9.17, 15) is 4.79 Å². The Labute approximate surface area is 66.0 Å². The number of hydrogen-bond donors (Lipinski definition) is 0. The SMILES string of the molecule is CC(=O)SC1CCN(C)C1. The van der Waals surface area contributed by atoms with Gasteiger partial charge in [-0.3, -0.25) is 4.79 Å². The molecule has 0 bridgehead atoms. The Morgan fingerprint density at radius 3 is 2.80 bits per heavy atom. The van der Waals surface area contributed by atoms with Gasteiger partial charge in [-0.1, -0.05) is 11.8 Å². The van der Waals surface area contributed by atoms with E-state index in [2.05, 4.69) is 11.9 Å². The molecular formula is C7H13NOS. The van der Waals surface area contributed by atoms with Gasteiger partial charge in [0.05, 0.1) is 0 Å². The fourth-order valence-electron chi connectivity index (χ4n) is 1.23. The molecule has 1 unspecified atom stereocenters. The van der Waals surface area contributed by atoms with E-state index in [0.29, 0.717) is 5.25 Å². The first kappa shape index (κ1) is 8.08. The Kier molecular flexibility index (Phi) is 2.74. The standard InChI is InChI=1S/C7H13NOS/c1-6(9)10-7-3-4-8(2)5-7/h7H,3-5H2,1-2H3. The van der Waals surface area contributed by atoms with Crippen molar-refractivity contribution < 1.29 is 4.79 Å². The molecule has 3 heteroatoms. The van der Waals surface area contributed by atoms with Gasteiger partial charge in [0.15, 0.2) is 5.12 Å². The molecule has 0 saturated carbocycles. The molecule has 1 heterocycles. The maximum Gasteiger partial charge on any atom is 0.186 e. The van der Waals surface area contributed by atoms with E-state index in [1.165, 1.54) is 18.2 Å². The summed E-state index contributed by atoms with van der Waals surface area (Å²) in [6, 6.07) is 0. The minimum absolute atomic E-state index is 0.250. The van der Waals surface area contributed by atoms with Gasteiger partial charge in [-0.05, 0) is 20.0 Å². The zero-order valence-corrected chi connectivity index (χ0v) is 7.28. The molecule has 0 aromatic heterocycles. The summed E-state index contributed by atoms with van der Waals surface area (Å²) in [6.07, 6.45) is 1.17. The first-order chi connectivity index (χ1) is 4.68. The van der Waals surface area contributed by atoms with Crippen LogP contribution in [0.1, 0.15) is 13.3 Å². The summed E-state index contributed by atoms with van der Waals surface area (Å²) in [6.45, 7) is 3.86. The van der Waals surface area contributed by atoms with Gasteiger partial charge in [-0.25, -0.2) is 0 Å². The number of thioether (sulfide) groups is 1. The van der Waals surface area contributed by atoms with Crippen molar-refractivity contribution in [2.24, 2.45) is 0 Å². The Bertz CT molecular complexity index is 138. The third-order valence-electron chi connectivity index (χ3n) is 1.68. The summed E-state index contributed by atoms with van der Waals surface area (Å²) in [5.41, 5.74) is 0. The van der Waals surface area contributed by atoms with Crippen LogP contribution in [0.25, 0.3) is 0 Å². The average Bonchev–Trinajstić information content (AvgIpc) is 2.13. The van der Waals surface area contributed by atoms with Gasteiger partial charge in [0.2, 0.25) is 0 Å². The molecule has 1 aliphatic heterocycles. The first-order valence-corrected chi connectivity index (χ1v) is 4.42. The van der Waals surface area contributed by atoms with Crippen molar-refractivity contribution in [3.8, 4) is 0 Å². The van der Waals surface area contributed by atoms with Gasteiger partial charge in [-0.2, -0.15) is 0 Å². The van der Waals surface area contributed by atoms with E-state index in [4.69, 9.17) is 0 Å². The van der Waals surface area contributed by atoms with Crippen molar-refractivity contribution in [1.82, 2.24) is 4.90 Å². The quantitative estimate of drug-likeness (QED) is 0.568. The number of rotatable bonds is 1. The molecule has 0 aliphatic carbocycles. The van der Waals surface area contributed by atoms with E-state index in [0.717, 1.165) is 13.1 Å². The van der Waals surface area contributed by atoms with Gasteiger partial charge in [0.1, 0.15) is 0 Å². The zero-order chi connectivity index (χ0) is 7.56. The van der Waals surface area contributed by atoms with E-state index < -0.39 is 0 Å². The molecular weight excluding hydrogens is 146 g/mol. The topological polar surface area (TPSA) is 20.3 Å². The molecule has 10 heavy (non-hydrogen) atoms.